The molecule has 4 heterocycles. The quantitative estimate of drug-likeness (QED) is 0.124. The molecule has 3 fully saturated rings. The molecule has 69 heavy (non-hydrogen) atoms. The van der Waals surface area contributed by atoms with Crippen LogP contribution < -0.4 is 5.56 Å². The van der Waals surface area contributed by atoms with Gasteiger partial charge in [0.25, 0.3) is 5.56 Å². The van der Waals surface area contributed by atoms with Crippen LogP contribution in [0.15, 0.2) is 47.4 Å². The summed E-state index contributed by atoms with van der Waals surface area (Å²) in [7, 11) is 5.35. The predicted molar refractivity (Wildman–Crippen MR) is 265 cm³/mol. The molecule has 5 N–H and O–H groups in total. The van der Waals surface area contributed by atoms with E-state index in [1.54, 1.807) is 44.4 Å². The van der Waals surface area contributed by atoms with Crippen molar-refractivity contribution < 1.29 is 54.0 Å². The third kappa shape index (κ3) is 13.2. The number of hydrogen-bond acceptors (Lipinski definition) is 14. The molecule has 1 aromatic carbocycles. The zero-order valence-electron chi connectivity index (χ0n) is 43.8. The van der Waals surface area contributed by atoms with Gasteiger partial charge in [-0.15, -0.1) is 0 Å². The van der Waals surface area contributed by atoms with E-state index in [9.17, 15) is 35.1 Å². The van der Waals surface area contributed by atoms with Crippen molar-refractivity contribution in [2.75, 3.05) is 34.3 Å². The number of aliphatic hydroxyl groups is 5. The molecule has 18 atom stereocenters. The highest BCUT2D eigenvalue weighted by Gasteiger charge is 2.55. The van der Waals surface area contributed by atoms with Crippen LogP contribution in [0.25, 0.3) is 5.69 Å². The summed E-state index contributed by atoms with van der Waals surface area (Å²) in [6, 6.07) is 10.0. The van der Waals surface area contributed by atoms with Crippen LogP contribution in [0.5, 0.6) is 0 Å². The van der Waals surface area contributed by atoms with Gasteiger partial charge < -0.3 is 59.0 Å². The van der Waals surface area contributed by atoms with E-state index >= 15 is 0 Å². The fourth-order valence-corrected chi connectivity index (χ4v) is 11.5. The number of aromatic nitrogens is 1. The lowest BCUT2D eigenvalue weighted by atomic mass is 9.68. The van der Waals surface area contributed by atoms with Gasteiger partial charge in [0.2, 0.25) is 0 Å². The average molecular weight is 968 g/mol. The number of methoxy groups -OCH3 is 1. The maximum absolute atomic E-state index is 14.6. The molecule has 0 amide bonds. The van der Waals surface area contributed by atoms with E-state index < -0.39 is 95.6 Å². The SMILES string of the molecule is CC[C@H]1OC(=O)[C@H](C)C([C@H]2C[C@@](C)(OC)[C@@H](O)[C@H](C)O2)[C@H](C)[C@@H](O[C@@H]2O[C@H](C)C[C@H](N(C)CCCC#Cc3ccc(-n4cc(C)ccc4=O)cc3)[C@H]2O)[C@](C)(O)C[C@@H](C)CN(C)[C@H](C)[C@@H](O)[C@]1(C)O. The number of hydrogen-bond donors (Lipinski definition) is 5. The van der Waals surface area contributed by atoms with Crippen molar-refractivity contribution in [3.63, 3.8) is 0 Å². The van der Waals surface area contributed by atoms with Crippen LogP contribution in [0.2, 0.25) is 0 Å². The molecule has 0 saturated carbocycles. The molecule has 388 valence electrons. The smallest absolute Gasteiger partial charge is 0.309 e. The molecular weight excluding hydrogens is 883 g/mol. The zero-order valence-corrected chi connectivity index (χ0v) is 43.8. The van der Waals surface area contributed by atoms with Gasteiger partial charge in [0.1, 0.15) is 30.0 Å². The topological polar surface area (TPSA) is 193 Å². The van der Waals surface area contributed by atoms with Gasteiger partial charge in [-0.1, -0.05) is 45.6 Å². The van der Waals surface area contributed by atoms with Crippen LogP contribution in [0.4, 0.5) is 0 Å². The van der Waals surface area contributed by atoms with Gasteiger partial charge in [-0.3, -0.25) is 14.2 Å². The number of cyclic esters (lactones) is 1. The van der Waals surface area contributed by atoms with E-state index in [0.717, 1.165) is 23.2 Å². The van der Waals surface area contributed by atoms with Gasteiger partial charge in [0, 0.05) is 68.0 Å². The summed E-state index contributed by atoms with van der Waals surface area (Å²) >= 11 is 0. The number of carbonyl (C=O) groups is 1. The first-order valence-corrected chi connectivity index (χ1v) is 25.2. The van der Waals surface area contributed by atoms with Crippen molar-refractivity contribution >= 4 is 5.97 Å². The Labute approximate surface area is 411 Å². The lowest BCUT2D eigenvalue weighted by Gasteiger charge is -2.51. The third-order valence-electron chi connectivity index (χ3n) is 15.7. The number of rotatable bonds is 10. The van der Waals surface area contributed by atoms with Gasteiger partial charge in [0.05, 0.1) is 41.5 Å². The highest BCUT2D eigenvalue weighted by atomic mass is 16.7. The number of esters is 1. The number of benzene rings is 1. The Balaban J connectivity index is 1.42. The van der Waals surface area contributed by atoms with E-state index in [2.05, 4.69) is 16.7 Å². The van der Waals surface area contributed by atoms with E-state index in [1.165, 1.54) is 14.0 Å². The maximum Gasteiger partial charge on any atom is 0.309 e. The number of unbranched alkanes of at least 4 members (excludes halogenated alkanes) is 1. The fourth-order valence-electron chi connectivity index (χ4n) is 11.5. The Bertz CT molecular complexity index is 2100. The van der Waals surface area contributed by atoms with Crippen molar-refractivity contribution in [3.05, 3.63) is 64.1 Å². The first kappa shape index (κ1) is 56.7. The van der Waals surface area contributed by atoms with E-state index in [4.69, 9.17) is 23.7 Å². The Morgan fingerprint density at radius 3 is 2.23 bits per heavy atom. The highest BCUT2D eigenvalue weighted by molar-refractivity contribution is 5.73. The Kier molecular flexibility index (Phi) is 19.3. The van der Waals surface area contributed by atoms with Gasteiger partial charge in [-0.25, -0.2) is 0 Å². The molecule has 15 heteroatoms. The molecule has 3 saturated heterocycles. The summed E-state index contributed by atoms with van der Waals surface area (Å²) in [5.41, 5.74) is -1.92. The number of likely N-dealkylation sites (N-methyl/N-ethyl adjacent to an activating group) is 2. The monoisotopic (exact) mass is 968 g/mol. The van der Waals surface area contributed by atoms with Crippen molar-refractivity contribution in [2.24, 2.45) is 23.7 Å². The summed E-state index contributed by atoms with van der Waals surface area (Å²) < 4.78 is 33.8. The first-order chi connectivity index (χ1) is 32.3. The van der Waals surface area contributed by atoms with Gasteiger partial charge in [-0.05, 0) is 136 Å². The van der Waals surface area contributed by atoms with Crippen LogP contribution >= 0.6 is 0 Å². The lowest BCUT2D eigenvalue weighted by molar-refractivity contribution is -0.303. The molecule has 0 spiro atoms. The molecule has 0 bridgehead atoms. The number of aryl methyl sites for hydroxylation is 1. The number of pyridine rings is 1. The van der Waals surface area contributed by atoms with E-state index in [0.29, 0.717) is 25.9 Å². The fraction of sp³-hybridized carbons (Fsp3) is 0.741. The minimum Gasteiger partial charge on any atom is -0.459 e. The summed E-state index contributed by atoms with van der Waals surface area (Å²) in [6.45, 7) is 21.0. The maximum atomic E-state index is 14.6. The van der Waals surface area contributed by atoms with Crippen molar-refractivity contribution in [1.29, 1.82) is 0 Å². The molecule has 3 aliphatic rings. The lowest BCUT2D eigenvalue weighted by Crippen LogP contribution is -2.62. The summed E-state index contributed by atoms with van der Waals surface area (Å²) in [4.78, 5) is 31.0. The summed E-state index contributed by atoms with van der Waals surface area (Å²) in [6.07, 6.45) is -4.00. The van der Waals surface area contributed by atoms with Gasteiger partial charge in [0.15, 0.2) is 6.29 Å². The summed E-state index contributed by atoms with van der Waals surface area (Å²) in [5.74, 6) is 3.41. The molecule has 0 radical (unpaired) electrons. The van der Waals surface area contributed by atoms with Gasteiger partial charge in [-0.2, -0.15) is 0 Å². The third-order valence-corrected chi connectivity index (χ3v) is 15.7. The predicted octanol–water partition coefficient (Wildman–Crippen LogP) is 4.84. The molecule has 2 aromatic rings. The molecule has 5 rings (SSSR count). The minimum atomic E-state index is -1.81. The molecule has 1 aromatic heterocycles. The van der Waals surface area contributed by atoms with Crippen LogP contribution in [0.3, 0.4) is 0 Å². The Hall–Kier alpha value is -3.24. The normalized spacial score (nSPS) is 40.0. The van der Waals surface area contributed by atoms with E-state index in [1.807, 2.05) is 91.0 Å². The highest BCUT2D eigenvalue weighted by Crippen LogP contribution is 2.45. The van der Waals surface area contributed by atoms with Crippen LogP contribution in [0, 0.1) is 42.4 Å². The standard InChI is InChI=1S/C54H85N3O12/c1-15-43-54(11,64)47(60)37(7)56(13)30-33(3)28-52(9,63)49(35(5)45(36(6)50(62)68-43)42-29-53(10,65-14)48(61)38(8)67-42)69-51-46(59)41(27-34(4)66-51)55(12)26-18-16-17-19-39-21-23-40(24-22-39)57-31-32(2)20-25-44(57)58/h20-25,31,33-38,41-43,45-49,51,59-61,63-64H,15-16,18,26-30H2,1-14H3/t33-,34-,35+,36-,37-,38+,41+,42-,43-,45?,46-,47-,48+,49-,51+,52-,53-,54-/m1/s1. The molecule has 15 nitrogen and oxygen atoms in total. The van der Waals surface area contributed by atoms with Crippen molar-refractivity contribution in [1.82, 2.24) is 14.4 Å². The Morgan fingerprint density at radius 1 is 0.928 bits per heavy atom. The average Bonchev–Trinajstić information content (AvgIpc) is 3.29. The molecule has 3 aliphatic heterocycles. The van der Waals surface area contributed by atoms with E-state index in [-0.39, 0.29) is 42.9 Å². The zero-order chi connectivity index (χ0) is 51.3. The van der Waals surface area contributed by atoms with Crippen LogP contribution in [-0.4, -0.2) is 164 Å². The molecular formula is C54H85N3O12. The van der Waals surface area contributed by atoms with Gasteiger partial charge >= 0.3 is 5.97 Å². The largest absolute Gasteiger partial charge is 0.459 e. The van der Waals surface area contributed by atoms with Crippen LogP contribution in [-0.2, 0) is 28.5 Å². The number of aliphatic hydroxyl groups excluding tert-OH is 3. The van der Waals surface area contributed by atoms with Crippen molar-refractivity contribution in [3.8, 4) is 17.5 Å². The minimum absolute atomic E-state index is 0.0965. The molecule has 0 aliphatic carbocycles. The number of nitrogens with zero attached hydrogens (tertiary/aromatic N) is 3. The van der Waals surface area contributed by atoms with Crippen molar-refractivity contribution in [2.45, 2.75) is 199 Å². The molecule has 1 unspecified atom stereocenters. The first-order valence-electron chi connectivity index (χ1n) is 25.2. The number of carbonyl (C=O) groups excluding carboxylic acids is 1. The second-order valence-corrected chi connectivity index (χ2v) is 21.6. The number of ether oxygens (including phenoxy) is 5. The second-order valence-electron chi connectivity index (χ2n) is 21.6. The Morgan fingerprint density at radius 2 is 1.59 bits per heavy atom. The van der Waals surface area contributed by atoms with Crippen LogP contribution in [0.1, 0.15) is 119 Å². The summed E-state index contributed by atoms with van der Waals surface area (Å²) in [5, 5.41) is 59.9. The second kappa shape index (κ2) is 23.5.